The van der Waals surface area contributed by atoms with E-state index in [1.807, 2.05) is 6.20 Å². The minimum atomic E-state index is 0.134. The van der Waals surface area contributed by atoms with Gasteiger partial charge in [-0.25, -0.2) is 4.98 Å². The first-order valence-corrected chi connectivity index (χ1v) is 6.79. The first kappa shape index (κ1) is 15.3. The Morgan fingerprint density at radius 1 is 1.28 bits per heavy atom. The van der Waals surface area contributed by atoms with E-state index < -0.39 is 0 Å². The molecule has 1 heterocycles. The molecular weight excluding hydrogens is 248 g/mol. The number of alkyl halides is 1. The van der Waals surface area contributed by atoms with Crippen LogP contribution < -0.4 is 4.90 Å². The molecule has 0 spiro atoms. The largest absolute Gasteiger partial charge is 0.383 e. The second-order valence-corrected chi connectivity index (χ2v) is 5.70. The molecule has 0 aromatic carbocycles. The van der Waals surface area contributed by atoms with E-state index in [0.717, 1.165) is 18.9 Å². The molecule has 0 aliphatic heterocycles. The van der Waals surface area contributed by atoms with E-state index >= 15 is 0 Å². The number of aromatic nitrogens is 1. The molecule has 0 unspecified atom stereocenters. The minimum Gasteiger partial charge on any atom is -0.383 e. The van der Waals surface area contributed by atoms with Gasteiger partial charge < -0.3 is 9.64 Å². The number of ether oxygens (including phenoxy) is 1. The van der Waals surface area contributed by atoms with Crippen LogP contribution in [0.15, 0.2) is 18.3 Å². The third-order valence-corrected chi connectivity index (χ3v) is 3.03. The molecule has 1 aromatic heterocycles. The molecule has 1 aromatic rings. The van der Waals surface area contributed by atoms with Crippen LogP contribution in [0.5, 0.6) is 0 Å². The second-order valence-electron chi connectivity index (χ2n) is 5.32. The first-order chi connectivity index (χ1) is 8.49. The maximum atomic E-state index is 5.82. The molecule has 0 aliphatic carbocycles. The standard InChI is InChI=1S/C14H23ClN2O/c1-14(2,3)12-5-6-13(16-11-12)17(8-7-15)9-10-18-4/h5-6,11H,7-10H2,1-4H3. The highest BCUT2D eigenvalue weighted by Gasteiger charge is 2.14. The lowest BCUT2D eigenvalue weighted by Crippen LogP contribution is -2.30. The van der Waals surface area contributed by atoms with Gasteiger partial charge >= 0.3 is 0 Å². The fourth-order valence-corrected chi connectivity index (χ4v) is 1.87. The van der Waals surface area contributed by atoms with Gasteiger partial charge in [-0.1, -0.05) is 26.8 Å². The average Bonchev–Trinajstić information content (AvgIpc) is 2.33. The zero-order valence-electron chi connectivity index (χ0n) is 11.7. The van der Waals surface area contributed by atoms with Crippen molar-refractivity contribution in [1.29, 1.82) is 0 Å². The molecule has 3 nitrogen and oxygen atoms in total. The Morgan fingerprint density at radius 3 is 2.44 bits per heavy atom. The molecule has 0 radical (unpaired) electrons. The summed E-state index contributed by atoms with van der Waals surface area (Å²) in [7, 11) is 1.70. The number of anilines is 1. The Labute approximate surface area is 115 Å². The number of halogens is 1. The summed E-state index contributed by atoms with van der Waals surface area (Å²) in [6.07, 6.45) is 1.95. The summed E-state index contributed by atoms with van der Waals surface area (Å²) in [4.78, 5) is 6.67. The number of hydrogen-bond donors (Lipinski definition) is 0. The van der Waals surface area contributed by atoms with Crippen molar-refractivity contribution < 1.29 is 4.74 Å². The van der Waals surface area contributed by atoms with Gasteiger partial charge in [0.1, 0.15) is 5.82 Å². The van der Waals surface area contributed by atoms with Gasteiger partial charge in [-0.3, -0.25) is 0 Å². The zero-order valence-corrected chi connectivity index (χ0v) is 12.5. The minimum absolute atomic E-state index is 0.134. The molecule has 0 N–H and O–H groups in total. The van der Waals surface area contributed by atoms with E-state index in [4.69, 9.17) is 16.3 Å². The van der Waals surface area contributed by atoms with Gasteiger partial charge in [0.2, 0.25) is 0 Å². The van der Waals surface area contributed by atoms with Crippen molar-refractivity contribution in [3.63, 3.8) is 0 Å². The lowest BCUT2D eigenvalue weighted by atomic mass is 9.88. The fraction of sp³-hybridized carbons (Fsp3) is 0.643. The number of hydrogen-bond acceptors (Lipinski definition) is 3. The zero-order chi connectivity index (χ0) is 13.6. The summed E-state index contributed by atoms with van der Waals surface area (Å²) < 4.78 is 5.11. The predicted octanol–water partition coefficient (Wildman–Crippen LogP) is 3.07. The predicted molar refractivity (Wildman–Crippen MR) is 77.7 cm³/mol. The van der Waals surface area contributed by atoms with Crippen molar-refractivity contribution >= 4 is 17.4 Å². The number of pyridine rings is 1. The van der Waals surface area contributed by atoms with Gasteiger partial charge in [0, 0.05) is 32.3 Å². The Kier molecular flexibility index (Phi) is 5.89. The molecule has 0 bridgehead atoms. The molecule has 4 heteroatoms. The average molecular weight is 271 g/mol. The smallest absolute Gasteiger partial charge is 0.128 e. The quantitative estimate of drug-likeness (QED) is 0.743. The maximum absolute atomic E-state index is 5.82. The summed E-state index contributed by atoms with van der Waals surface area (Å²) in [5, 5.41) is 0. The third kappa shape index (κ3) is 4.46. The molecule has 0 aliphatic rings. The van der Waals surface area contributed by atoms with Crippen molar-refractivity contribution in [2.24, 2.45) is 0 Å². The fourth-order valence-electron chi connectivity index (χ4n) is 1.66. The van der Waals surface area contributed by atoms with Crippen LogP contribution in [0.2, 0.25) is 0 Å². The first-order valence-electron chi connectivity index (χ1n) is 6.25. The molecule has 0 amide bonds. The van der Waals surface area contributed by atoms with Crippen LogP contribution in [0.25, 0.3) is 0 Å². The van der Waals surface area contributed by atoms with Gasteiger partial charge in [0.25, 0.3) is 0 Å². The molecule has 1 rings (SSSR count). The van der Waals surface area contributed by atoms with Gasteiger partial charge in [0.05, 0.1) is 6.61 Å². The van der Waals surface area contributed by atoms with Gasteiger partial charge in [-0.2, -0.15) is 0 Å². The Balaban J connectivity index is 2.79. The lowest BCUT2D eigenvalue weighted by Gasteiger charge is -2.24. The summed E-state index contributed by atoms with van der Waals surface area (Å²) >= 11 is 5.82. The van der Waals surface area contributed by atoms with Crippen LogP contribution in [0, 0.1) is 0 Å². The normalized spacial score (nSPS) is 11.6. The number of methoxy groups -OCH3 is 1. The Morgan fingerprint density at radius 2 is 2.00 bits per heavy atom. The Hall–Kier alpha value is -0.800. The van der Waals surface area contributed by atoms with Crippen molar-refractivity contribution in [2.45, 2.75) is 26.2 Å². The van der Waals surface area contributed by atoms with E-state index in [1.54, 1.807) is 7.11 Å². The van der Waals surface area contributed by atoms with E-state index in [1.165, 1.54) is 5.56 Å². The van der Waals surface area contributed by atoms with Crippen molar-refractivity contribution in [2.75, 3.05) is 37.6 Å². The third-order valence-electron chi connectivity index (χ3n) is 2.86. The Bertz CT molecular complexity index is 346. The van der Waals surface area contributed by atoms with Crippen molar-refractivity contribution in [3.8, 4) is 0 Å². The molecule has 0 atom stereocenters. The molecule has 0 fully saturated rings. The van der Waals surface area contributed by atoms with Gasteiger partial charge in [-0.15, -0.1) is 11.6 Å². The summed E-state index contributed by atoms with van der Waals surface area (Å²) in [5.74, 6) is 1.55. The van der Waals surface area contributed by atoms with Gasteiger partial charge in [0.15, 0.2) is 0 Å². The van der Waals surface area contributed by atoms with Crippen LogP contribution in [0.4, 0.5) is 5.82 Å². The molecule has 18 heavy (non-hydrogen) atoms. The number of nitrogens with zero attached hydrogens (tertiary/aromatic N) is 2. The van der Waals surface area contributed by atoms with E-state index in [0.29, 0.717) is 12.5 Å². The summed E-state index contributed by atoms with van der Waals surface area (Å²) in [5.41, 5.74) is 1.37. The van der Waals surface area contributed by atoms with Crippen LogP contribution >= 0.6 is 11.6 Å². The molecule has 0 saturated carbocycles. The van der Waals surface area contributed by atoms with E-state index in [9.17, 15) is 0 Å². The molecular formula is C14H23ClN2O. The summed E-state index contributed by atoms with van der Waals surface area (Å²) in [6.45, 7) is 8.83. The number of rotatable bonds is 6. The van der Waals surface area contributed by atoms with Crippen LogP contribution in [0.3, 0.4) is 0 Å². The topological polar surface area (TPSA) is 25.4 Å². The van der Waals surface area contributed by atoms with Gasteiger partial charge in [-0.05, 0) is 17.0 Å². The summed E-state index contributed by atoms with van der Waals surface area (Å²) in [6, 6.07) is 4.19. The highest BCUT2D eigenvalue weighted by molar-refractivity contribution is 6.18. The van der Waals surface area contributed by atoms with E-state index in [-0.39, 0.29) is 5.41 Å². The maximum Gasteiger partial charge on any atom is 0.128 e. The second kappa shape index (κ2) is 6.95. The highest BCUT2D eigenvalue weighted by Crippen LogP contribution is 2.22. The van der Waals surface area contributed by atoms with Crippen LogP contribution in [-0.4, -0.2) is 37.7 Å². The van der Waals surface area contributed by atoms with E-state index in [2.05, 4.69) is 42.8 Å². The van der Waals surface area contributed by atoms with Crippen LogP contribution in [-0.2, 0) is 10.2 Å². The highest BCUT2D eigenvalue weighted by atomic mass is 35.5. The molecule has 0 saturated heterocycles. The van der Waals surface area contributed by atoms with Crippen molar-refractivity contribution in [1.82, 2.24) is 4.98 Å². The van der Waals surface area contributed by atoms with Crippen molar-refractivity contribution in [3.05, 3.63) is 23.9 Å². The SMILES string of the molecule is COCCN(CCCl)c1ccc(C(C)(C)C)cn1. The molecule has 102 valence electrons. The monoisotopic (exact) mass is 270 g/mol. The van der Waals surface area contributed by atoms with Crippen LogP contribution in [0.1, 0.15) is 26.3 Å². The lowest BCUT2D eigenvalue weighted by molar-refractivity contribution is 0.205.